The van der Waals surface area contributed by atoms with Gasteiger partial charge in [0.2, 0.25) is 0 Å². The highest BCUT2D eigenvalue weighted by Crippen LogP contribution is 2.25. The SMILES string of the molecule is CC/C=c1/[nH]nc/c1=C/C=C/Cl.CCC1CCCCC1. The summed E-state index contributed by atoms with van der Waals surface area (Å²) in [6.07, 6.45) is 17.5. The van der Waals surface area contributed by atoms with E-state index in [4.69, 9.17) is 11.6 Å². The molecule has 0 aromatic carbocycles. The Balaban J connectivity index is 0.000000217. The lowest BCUT2D eigenvalue weighted by Crippen LogP contribution is -2.21. The second kappa shape index (κ2) is 10.7. The zero-order valence-corrected chi connectivity index (χ0v) is 13.5. The van der Waals surface area contributed by atoms with Gasteiger partial charge in [0.15, 0.2) is 0 Å². The van der Waals surface area contributed by atoms with Crippen LogP contribution in [0.3, 0.4) is 0 Å². The fraction of sp³-hybridized carbons (Fsp3) is 0.588. The van der Waals surface area contributed by atoms with Crippen molar-refractivity contribution in [3.05, 3.63) is 28.4 Å². The third kappa shape index (κ3) is 6.42. The van der Waals surface area contributed by atoms with Crippen LogP contribution in [-0.4, -0.2) is 10.2 Å². The summed E-state index contributed by atoms with van der Waals surface area (Å²) >= 11 is 5.40. The van der Waals surface area contributed by atoms with Gasteiger partial charge < -0.3 is 0 Å². The number of hydrogen-bond acceptors (Lipinski definition) is 1. The van der Waals surface area contributed by atoms with E-state index in [0.717, 1.165) is 22.9 Å². The zero-order valence-electron chi connectivity index (χ0n) is 12.7. The number of H-pyrrole nitrogens is 1. The van der Waals surface area contributed by atoms with Gasteiger partial charge in [-0.3, -0.25) is 5.10 Å². The van der Waals surface area contributed by atoms with Crippen LogP contribution in [0.4, 0.5) is 0 Å². The lowest BCUT2D eigenvalue weighted by atomic mass is 9.88. The maximum atomic E-state index is 5.40. The van der Waals surface area contributed by atoms with Gasteiger partial charge >= 0.3 is 0 Å². The van der Waals surface area contributed by atoms with Crippen molar-refractivity contribution in [1.82, 2.24) is 10.2 Å². The second-order valence-corrected chi connectivity index (χ2v) is 5.50. The van der Waals surface area contributed by atoms with Crippen LogP contribution in [0.25, 0.3) is 12.2 Å². The first kappa shape index (κ1) is 17.0. The van der Waals surface area contributed by atoms with Crippen molar-refractivity contribution < 1.29 is 0 Å². The van der Waals surface area contributed by atoms with E-state index in [1.807, 2.05) is 6.08 Å². The van der Waals surface area contributed by atoms with E-state index in [2.05, 4.69) is 30.1 Å². The monoisotopic (exact) mass is 294 g/mol. The molecule has 1 fully saturated rings. The Morgan fingerprint density at radius 3 is 2.60 bits per heavy atom. The molecule has 1 N–H and O–H groups in total. The molecule has 1 aliphatic rings. The highest BCUT2D eigenvalue weighted by Gasteiger charge is 2.09. The van der Waals surface area contributed by atoms with Gasteiger partial charge in [0, 0.05) is 10.8 Å². The van der Waals surface area contributed by atoms with Gasteiger partial charge in [-0.1, -0.05) is 82.2 Å². The Morgan fingerprint density at radius 2 is 2.05 bits per heavy atom. The lowest BCUT2D eigenvalue weighted by Gasteiger charge is -2.18. The molecule has 0 unspecified atom stereocenters. The first-order valence-corrected chi connectivity index (χ1v) is 8.22. The van der Waals surface area contributed by atoms with Crippen molar-refractivity contribution in [3.8, 4) is 0 Å². The molecule has 0 amide bonds. The lowest BCUT2D eigenvalue weighted by molar-refractivity contribution is 0.349. The molecule has 0 saturated heterocycles. The van der Waals surface area contributed by atoms with Crippen LogP contribution < -0.4 is 10.6 Å². The van der Waals surface area contributed by atoms with Gasteiger partial charge in [-0.2, -0.15) is 5.10 Å². The van der Waals surface area contributed by atoms with E-state index in [-0.39, 0.29) is 0 Å². The number of allylic oxidation sites excluding steroid dienone is 1. The predicted octanol–water partition coefficient (Wildman–Crippen LogP) is 4.11. The minimum atomic E-state index is 0.994. The summed E-state index contributed by atoms with van der Waals surface area (Å²) in [5.41, 5.74) is 1.47. The van der Waals surface area contributed by atoms with Crippen LogP contribution in [0, 0.1) is 5.92 Å². The highest BCUT2D eigenvalue weighted by atomic mass is 35.5. The van der Waals surface area contributed by atoms with E-state index < -0.39 is 0 Å². The summed E-state index contributed by atoms with van der Waals surface area (Å²) in [4.78, 5) is 0. The molecule has 1 aliphatic carbocycles. The van der Waals surface area contributed by atoms with Crippen molar-refractivity contribution in [3.63, 3.8) is 0 Å². The largest absolute Gasteiger partial charge is 0.278 e. The Bertz CT molecular complexity index is 481. The fourth-order valence-electron chi connectivity index (χ4n) is 2.54. The zero-order chi connectivity index (χ0) is 14.6. The molecule has 0 bridgehead atoms. The number of aromatic nitrogens is 2. The molecule has 1 aromatic rings. The van der Waals surface area contributed by atoms with Crippen LogP contribution >= 0.6 is 11.6 Å². The number of hydrogen-bond donors (Lipinski definition) is 1. The quantitative estimate of drug-likeness (QED) is 0.893. The van der Waals surface area contributed by atoms with Gasteiger partial charge in [-0.15, -0.1) is 0 Å². The number of nitrogens with one attached hydrogen (secondary N) is 1. The van der Waals surface area contributed by atoms with Crippen LogP contribution in [0.15, 0.2) is 17.8 Å². The average molecular weight is 295 g/mol. The van der Waals surface area contributed by atoms with Crippen LogP contribution in [-0.2, 0) is 0 Å². The van der Waals surface area contributed by atoms with Gasteiger partial charge in [-0.25, -0.2) is 0 Å². The standard InChI is InChI=1S/C9H11ClN2.C8H16/c1-2-4-9-8(5-3-6-10)7-11-12-9;1-2-8-6-4-3-5-7-8/h3-7,12H,2H2,1H3;8H,2-7H2,1H3/b6-3+,8-5-,9-4+;. The molecular formula is C17H27ClN2. The average Bonchev–Trinajstić information content (AvgIpc) is 2.94. The Labute approximate surface area is 127 Å². The van der Waals surface area contributed by atoms with Crippen LogP contribution in [0.2, 0.25) is 0 Å². The number of rotatable bonds is 3. The third-order valence-electron chi connectivity index (χ3n) is 3.76. The van der Waals surface area contributed by atoms with Gasteiger partial charge in [0.1, 0.15) is 0 Å². The van der Waals surface area contributed by atoms with Gasteiger partial charge in [0.05, 0.1) is 11.5 Å². The minimum absolute atomic E-state index is 0.994. The molecule has 1 heterocycles. The number of aromatic amines is 1. The molecule has 0 aliphatic heterocycles. The summed E-state index contributed by atoms with van der Waals surface area (Å²) in [7, 11) is 0. The Kier molecular flexibility index (Phi) is 9.14. The van der Waals surface area contributed by atoms with Crippen LogP contribution in [0.1, 0.15) is 58.8 Å². The van der Waals surface area contributed by atoms with Crippen molar-refractivity contribution in [2.24, 2.45) is 5.92 Å². The fourth-order valence-corrected chi connectivity index (χ4v) is 2.61. The van der Waals surface area contributed by atoms with E-state index >= 15 is 0 Å². The van der Waals surface area contributed by atoms with E-state index in [1.165, 1.54) is 44.1 Å². The maximum Gasteiger partial charge on any atom is 0.0610 e. The van der Waals surface area contributed by atoms with Crippen molar-refractivity contribution in [1.29, 1.82) is 0 Å². The molecule has 2 nitrogen and oxygen atoms in total. The molecule has 0 radical (unpaired) electrons. The molecule has 3 heteroatoms. The minimum Gasteiger partial charge on any atom is -0.278 e. The topological polar surface area (TPSA) is 28.7 Å². The van der Waals surface area contributed by atoms with Crippen molar-refractivity contribution >= 4 is 23.8 Å². The molecule has 2 rings (SSSR count). The molecule has 112 valence electrons. The molecule has 1 aromatic heterocycles. The number of halogens is 1. The Morgan fingerprint density at radius 1 is 1.30 bits per heavy atom. The third-order valence-corrected chi connectivity index (χ3v) is 3.90. The van der Waals surface area contributed by atoms with Gasteiger partial charge in [-0.05, 0) is 12.3 Å². The van der Waals surface area contributed by atoms with E-state index in [0.29, 0.717) is 0 Å². The first-order chi connectivity index (χ1) is 9.81. The highest BCUT2D eigenvalue weighted by molar-refractivity contribution is 6.25. The molecule has 0 spiro atoms. The molecule has 20 heavy (non-hydrogen) atoms. The Hall–Kier alpha value is -1.02. The predicted molar refractivity (Wildman–Crippen MR) is 88.9 cm³/mol. The smallest absolute Gasteiger partial charge is 0.0610 e. The second-order valence-electron chi connectivity index (χ2n) is 5.25. The van der Waals surface area contributed by atoms with Crippen molar-refractivity contribution in [2.45, 2.75) is 58.8 Å². The molecule has 1 saturated carbocycles. The summed E-state index contributed by atoms with van der Waals surface area (Å²) in [6, 6.07) is 0. The maximum absolute atomic E-state index is 5.40. The normalized spacial score (nSPS) is 18.4. The van der Waals surface area contributed by atoms with E-state index in [1.54, 1.807) is 12.3 Å². The van der Waals surface area contributed by atoms with Crippen molar-refractivity contribution in [2.75, 3.05) is 0 Å². The van der Waals surface area contributed by atoms with Crippen LogP contribution in [0.5, 0.6) is 0 Å². The number of nitrogens with zero attached hydrogens (tertiary/aromatic N) is 1. The summed E-state index contributed by atoms with van der Waals surface area (Å²) in [5, 5.41) is 8.94. The molecular weight excluding hydrogens is 268 g/mol. The first-order valence-electron chi connectivity index (χ1n) is 7.78. The molecule has 0 atom stereocenters. The summed E-state index contributed by atoms with van der Waals surface area (Å²) < 4.78 is 0. The summed E-state index contributed by atoms with van der Waals surface area (Å²) in [5.74, 6) is 1.09. The van der Waals surface area contributed by atoms with E-state index in [9.17, 15) is 0 Å². The van der Waals surface area contributed by atoms with Gasteiger partial charge in [0.25, 0.3) is 0 Å². The summed E-state index contributed by atoms with van der Waals surface area (Å²) in [6.45, 7) is 4.40.